The van der Waals surface area contributed by atoms with Gasteiger partial charge in [0.25, 0.3) is 0 Å². The predicted octanol–water partition coefficient (Wildman–Crippen LogP) is 3.25. The molecule has 0 N–H and O–H groups in total. The second-order valence-corrected chi connectivity index (χ2v) is 7.76. The van der Waals surface area contributed by atoms with Gasteiger partial charge < -0.3 is 9.73 Å². The number of aryl methyl sites for hydroxylation is 1. The van der Waals surface area contributed by atoms with Crippen molar-refractivity contribution in [3.63, 3.8) is 0 Å². The highest BCUT2D eigenvalue weighted by atomic mass is 16.5. The lowest BCUT2D eigenvalue weighted by molar-refractivity contribution is 0.237. The largest absolute Gasteiger partial charge is 0.492 e. The third-order valence-electron chi connectivity index (χ3n) is 5.42. The molecule has 0 amide bonds. The first kappa shape index (κ1) is 20.1. The van der Waals surface area contributed by atoms with Gasteiger partial charge in [0.1, 0.15) is 12.4 Å². The molecule has 2 aliphatic rings. The van der Waals surface area contributed by atoms with E-state index in [2.05, 4.69) is 59.5 Å². The fourth-order valence-electron chi connectivity index (χ4n) is 3.65. The third kappa shape index (κ3) is 5.23. The number of likely N-dealkylation sites (tertiary alicyclic amines) is 1. The normalized spacial score (nSPS) is 15.9. The summed E-state index contributed by atoms with van der Waals surface area (Å²) in [6, 6.07) is 15.0. The topological polar surface area (TPSA) is 24.8 Å². The SMILES string of the molecule is C=c1ccc(=C2C=C[C-](C#Cc3ccc(OCCN4CCCC4)c(C)c3)N=C2)cc1. The molecule has 2 heterocycles. The van der Waals surface area contributed by atoms with E-state index in [0.717, 1.165) is 52.1 Å². The van der Waals surface area contributed by atoms with Crippen molar-refractivity contribution in [1.29, 1.82) is 0 Å². The van der Waals surface area contributed by atoms with Gasteiger partial charge in [-0.1, -0.05) is 48.6 Å². The number of aliphatic imine (C=N–C) groups is 1. The average molecular weight is 396 g/mol. The van der Waals surface area contributed by atoms with Gasteiger partial charge in [-0.3, -0.25) is 4.90 Å². The summed E-state index contributed by atoms with van der Waals surface area (Å²) in [6.07, 6.45) is 8.51. The number of dihydropyridines is 1. The van der Waals surface area contributed by atoms with Crippen LogP contribution in [0.3, 0.4) is 0 Å². The number of ether oxygens (including phenoxy) is 1. The Labute approximate surface area is 179 Å². The fourth-order valence-corrected chi connectivity index (χ4v) is 3.65. The Bertz CT molecular complexity index is 1090. The maximum absolute atomic E-state index is 5.97. The van der Waals surface area contributed by atoms with Crippen molar-refractivity contribution >= 4 is 18.4 Å². The molecule has 0 saturated carbocycles. The van der Waals surface area contributed by atoms with E-state index in [9.17, 15) is 0 Å². The first-order valence-corrected chi connectivity index (χ1v) is 10.5. The van der Waals surface area contributed by atoms with E-state index in [1.807, 2.05) is 36.6 Å². The summed E-state index contributed by atoms with van der Waals surface area (Å²) in [6.45, 7) is 10.1. The zero-order valence-electron chi connectivity index (χ0n) is 17.5. The van der Waals surface area contributed by atoms with Gasteiger partial charge in [-0.05, 0) is 66.7 Å². The van der Waals surface area contributed by atoms with Crippen LogP contribution >= 0.6 is 0 Å². The van der Waals surface area contributed by atoms with Crippen LogP contribution in [0.25, 0.3) is 12.2 Å². The van der Waals surface area contributed by atoms with Gasteiger partial charge in [-0.25, -0.2) is 0 Å². The second-order valence-electron chi connectivity index (χ2n) is 7.76. The van der Waals surface area contributed by atoms with Gasteiger partial charge in [0, 0.05) is 12.6 Å². The number of rotatable bonds is 4. The maximum atomic E-state index is 5.97. The summed E-state index contributed by atoms with van der Waals surface area (Å²) in [4.78, 5) is 6.95. The molecule has 2 aromatic carbocycles. The molecule has 4 rings (SSSR count). The first-order valence-electron chi connectivity index (χ1n) is 10.5. The van der Waals surface area contributed by atoms with Crippen LogP contribution in [-0.2, 0) is 0 Å². The second kappa shape index (κ2) is 9.52. The lowest BCUT2D eigenvalue weighted by Gasteiger charge is -2.16. The Morgan fingerprint density at radius 2 is 1.93 bits per heavy atom. The average Bonchev–Trinajstić information content (AvgIpc) is 3.28. The monoisotopic (exact) mass is 395 g/mol. The lowest BCUT2D eigenvalue weighted by Crippen LogP contribution is -2.25. The number of hydrogen-bond acceptors (Lipinski definition) is 3. The molecule has 1 fully saturated rings. The quantitative estimate of drug-likeness (QED) is 0.586. The molecule has 0 aliphatic carbocycles. The molecule has 2 aromatic rings. The van der Waals surface area contributed by atoms with Crippen LogP contribution in [0.1, 0.15) is 24.0 Å². The molecule has 0 spiro atoms. The summed E-state index contributed by atoms with van der Waals surface area (Å²) in [5, 5.41) is 2.14. The molecule has 0 unspecified atom stereocenters. The van der Waals surface area contributed by atoms with Crippen LogP contribution in [0.15, 0.2) is 59.6 Å². The van der Waals surface area contributed by atoms with Crippen LogP contribution in [0, 0.1) is 24.8 Å². The van der Waals surface area contributed by atoms with E-state index in [-0.39, 0.29) is 0 Å². The summed E-state index contributed by atoms with van der Waals surface area (Å²) < 4.78 is 5.97. The van der Waals surface area contributed by atoms with E-state index in [1.165, 1.54) is 25.9 Å². The van der Waals surface area contributed by atoms with Crippen molar-refractivity contribution in [2.75, 3.05) is 26.2 Å². The van der Waals surface area contributed by atoms with Crippen molar-refractivity contribution in [3.05, 3.63) is 82.2 Å². The Hall–Kier alpha value is -3.22. The minimum absolute atomic E-state index is 0.736. The molecule has 2 aliphatic heterocycles. The van der Waals surface area contributed by atoms with Crippen molar-refractivity contribution in [1.82, 2.24) is 4.90 Å². The zero-order chi connectivity index (χ0) is 20.8. The molecule has 0 radical (unpaired) electrons. The summed E-state index contributed by atoms with van der Waals surface area (Å²) >= 11 is 0. The Kier molecular flexibility index (Phi) is 6.37. The standard InChI is InChI=1S/C27H27N2O/c1-21-5-9-24(10-6-21)25-11-13-26(28-20-25)12-7-23-8-14-27(22(2)19-23)30-18-17-29-15-3-4-16-29/h5-6,8-11,13-14,19-20H,1,3-4,15-18H2,2H3/q-1. The Balaban J connectivity index is 1.36. The van der Waals surface area contributed by atoms with E-state index in [4.69, 9.17) is 4.74 Å². The molecule has 0 atom stereocenters. The van der Waals surface area contributed by atoms with Gasteiger partial charge in [-0.2, -0.15) is 11.8 Å². The summed E-state index contributed by atoms with van der Waals surface area (Å²) in [5.41, 5.74) is 3.16. The Morgan fingerprint density at radius 3 is 2.63 bits per heavy atom. The number of hydrogen-bond donors (Lipinski definition) is 0. The van der Waals surface area contributed by atoms with Gasteiger partial charge in [0.15, 0.2) is 0 Å². The van der Waals surface area contributed by atoms with Gasteiger partial charge in [-0.15, -0.1) is 12.2 Å². The molecule has 0 bridgehead atoms. The number of allylic oxidation sites excluding steroid dienone is 1. The highest BCUT2D eigenvalue weighted by Crippen LogP contribution is 2.19. The predicted molar refractivity (Wildman–Crippen MR) is 125 cm³/mol. The van der Waals surface area contributed by atoms with Crippen LogP contribution in [-0.4, -0.2) is 37.4 Å². The number of benzene rings is 2. The smallest absolute Gasteiger partial charge is 0.122 e. The van der Waals surface area contributed by atoms with E-state index in [1.54, 1.807) is 0 Å². The van der Waals surface area contributed by atoms with Crippen molar-refractivity contribution in [2.24, 2.45) is 4.99 Å². The molecule has 3 heteroatoms. The van der Waals surface area contributed by atoms with E-state index >= 15 is 0 Å². The van der Waals surface area contributed by atoms with Crippen LogP contribution in [0.5, 0.6) is 5.75 Å². The molecule has 30 heavy (non-hydrogen) atoms. The molecule has 1 saturated heterocycles. The van der Waals surface area contributed by atoms with Crippen LogP contribution in [0.2, 0.25) is 0 Å². The fraction of sp³-hybridized carbons (Fsp3) is 0.259. The van der Waals surface area contributed by atoms with E-state index < -0.39 is 0 Å². The highest BCUT2D eigenvalue weighted by molar-refractivity contribution is 6.08. The van der Waals surface area contributed by atoms with Gasteiger partial charge in [0.2, 0.25) is 0 Å². The third-order valence-corrected chi connectivity index (χ3v) is 5.42. The van der Waals surface area contributed by atoms with Gasteiger partial charge in [0.05, 0.1) is 0 Å². The van der Waals surface area contributed by atoms with E-state index in [0.29, 0.717) is 0 Å². The summed E-state index contributed by atoms with van der Waals surface area (Å²) in [5.74, 6) is 7.31. The highest BCUT2D eigenvalue weighted by Gasteiger charge is 2.11. The van der Waals surface area contributed by atoms with Crippen molar-refractivity contribution < 1.29 is 4.74 Å². The molecule has 152 valence electrons. The van der Waals surface area contributed by atoms with Crippen LogP contribution in [0.4, 0.5) is 0 Å². The maximum Gasteiger partial charge on any atom is 0.122 e. The zero-order valence-corrected chi connectivity index (χ0v) is 17.5. The Morgan fingerprint density at radius 1 is 1.13 bits per heavy atom. The molecule has 3 nitrogen and oxygen atoms in total. The van der Waals surface area contributed by atoms with Crippen LogP contribution < -0.4 is 15.2 Å². The molecular weight excluding hydrogens is 368 g/mol. The minimum Gasteiger partial charge on any atom is -0.492 e. The lowest BCUT2D eigenvalue weighted by atomic mass is 10.1. The molecular formula is C27H27N2O-. The van der Waals surface area contributed by atoms with Crippen molar-refractivity contribution in [3.8, 4) is 17.6 Å². The molecule has 0 aromatic heterocycles. The minimum atomic E-state index is 0.736. The first-order chi connectivity index (χ1) is 14.7. The number of nitrogens with zero attached hydrogens (tertiary/aromatic N) is 2. The summed E-state index contributed by atoms with van der Waals surface area (Å²) in [7, 11) is 0. The van der Waals surface area contributed by atoms with Gasteiger partial charge >= 0.3 is 0 Å². The van der Waals surface area contributed by atoms with Crippen molar-refractivity contribution in [2.45, 2.75) is 19.8 Å².